The van der Waals surface area contributed by atoms with Crippen molar-refractivity contribution in [2.45, 2.75) is 51.5 Å². The van der Waals surface area contributed by atoms with E-state index in [4.69, 9.17) is 0 Å². The van der Waals surface area contributed by atoms with Gasteiger partial charge in [0.1, 0.15) is 0 Å². The van der Waals surface area contributed by atoms with Gasteiger partial charge in [-0.15, -0.1) is 11.3 Å². The lowest BCUT2D eigenvalue weighted by Crippen LogP contribution is -2.49. The molecule has 1 aromatic carbocycles. The maximum Gasteiger partial charge on any atom is 0.230 e. The molecule has 1 aliphatic heterocycles. The number of nitrogens with one attached hydrogen (secondary N) is 1. The summed E-state index contributed by atoms with van der Waals surface area (Å²) in [4.78, 5) is 29.4. The summed E-state index contributed by atoms with van der Waals surface area (Å²) in [5.74, 6) is 1.02. The highest BCUT2D eigenvalue weighted by molar-refractivity contribution is 7.17. The molecule has 1 aromatic heterocycles. The van der Waals surface area contributed by atoms with Gasteiger partial charge in [0.2, 0.25) is 5.91 Å². The fourth-order valence-electron chi connectivity index (χ4n) is 4.68. The van der Waals surface area contributed by atoms with Gasteiger partial charge in [0.15, 0.2) is 6.29 Å². The summed E-state index contributed by atoms with van der Waals surface area (Å²) in [5, 5.41) is 3.40. The van der Waals surface area contributed by atoms with E-state index in [2.05, 4.69) is 30.4 Å². The fourth-order valence-corrected chi connectivity index (χ4v) is 5.65. The van der Waals surface area contributed by atoms with Crippen molar-refractivity contribution >= 4 is 29.2 Å². The molecule has 5 heteroatoms. The molecule has 1 aliphatic carbocycles. The van der Waals surface area contributed by atoms with Gasteiger partial charge in [-0.05, 0) is 69.2 Å². The second kappa shape index (κ2) is 9.23. The van der Waals surface area contributed by atoms with E-state index in [1.165, 1.54) is 11.3 Å². The van der Waals surface area contributed by atoms with Crippen molar-refractivity contribution in [3.63, 3.8) is 0 Å². The molecule has 29 heavy (non-hydrogen) atoms. The number of hydrogen-bond acceptors (Lipinski definition) is 4. The molecule has 0 bridgehead atoms. The third-order valence-electron chi connectivity index (χ3n) is 6.44. The quantitative estimate of drug-likeness (QED) is 0.695. The average Bonchev–Trinajstić information content (AvgIpc) is 3.20. The number of thiophene rings is 1. The highest BCUT2D eigenvalue weighted by atomic mass is 32.1. The van der Waals surface area contributed by atoms with Crippen LogP contribution in [0.4, 0.5) is 5.69 Å². The Balaban J connectivity index is 1.70. The third-order valence-corrected chi connectivity index (χ3v) is 7.54. The van der Waals surface area contributed by atoms with Gasteiger partial charge in [-0.2, -0.15) is 0 Å². The first-order chi connectivity index (χ1) is 14.2. The number of benzene rings is 1. The van der Waals surface area contributed by atoms with E-state index >= 15 is 0 Å². The predicted octanol–water partition coefficient (Wildman–Crippen LogP) is 5.14. The van der Waals surface area contributed by atoms with Crippen LogP contribution in [0.1, 0.15) is 55.1 Å². The van der Waals surface area contributed by atoms with E-state index in [0.29, 0.717) is 10.8 Å². The molecule has 2 heterocycles. The number of carbonyl (C=O) groups excluding carboxylic acids is 2. The molecule has 0 unspecified atom stereocenters. The first kappa shape index (κ1) is 20.3. The summed E-state index contributed by atoms with van der Waals surface area (Å²) in [7, 11) is 0. The van der Waals surface area contributed by atoms with Crippen molar-refractivity contribution in [3.05, 3.63) is 41.3 Å². The van der Waals surface area contributed by atoms with Crippen molar-refractivity contribution in [1.82, 2.24) is 5.32 Å². The lowest BCUT2D eigenvalue weighted by Gasteiger charge is -2.38. The molecular formula is C24H30N2O2S. The number of amides is 1. The zero-order valence-electron chi connectivity index (χ0n) is 17.1. The van der Waals surface area contributed by atoms with Crippen LogP contribution in [-0.2, 0) is 4.79 Å². The first-order valence-corrected chi connectivity index (χ1v) is 11.7. The van der Waals surface area contributed by atoms with Gasteiger partial charge in [-0.3, -0.25) is 9.59 Å². The Morgan fingerprint density at radius 1 is 1.07 bits per heavy atom. The molecule has 154 valence electrons. The van der Waals surface area contributed by atoms with Crippen LogP contribution in [0.5, 0.6) is 0 Å². The molecule has 0 radical (unpaired) electrons. The SMILES string of the molecule is CC1CCC(C(=O)N(c2cc(-c3ccccc3)sc2C=O)C2CCNCC2)CC1. The Kier molecular flexibility index (Phi) is 6.46. The Labute approximate surface area is 177 Å². The summed E-state index contributed by atoms with van der Waals surface area (Å²) in [6, 6.07) is 12.4. The molecule has 1 saturated carbocycles. The molecule has 4 rings (SSSR count). The van der Waals surface area contributed by atoms with Crippen LogP contribution >= 0.6 is 11.3 Å². The smallest absolute Gasteiger partial charge is 0.230 e. The Hall–Kier alpha value is -1.98. The number of rotatable bonds is 5. The number of piperidine rings is 1. The fraction of sp³-hybridized carbons (Fsp3) is 0.500. The van der Waals surface area contributed by atoms with E-state index in [9.17, 15) is 9.59 Å². The predicted molar refractivity (Wildman–Crippen MR) is 120 cm³/mol. The standard InChI is InChI=1S/C24H30N2O2S/c1-17-7-9-19(10-8-17)24(28)26(20-11-13-25-14-12-20)21-15-22(29-23(21)16-27)18-5-3-2-4-6-18/h2-6,15-17,19-20,25H,7-14H2,1H3. The largest absolute Gasteiger partial charge is 0.317 e. The second-order valence-electron chi connectivity index (χ2n) is 8.49. The molecule has 1 saturated heterocycles. The first-order valence-electron chi connectivity index (χ1n) is 10.9. The van der Waals surface area contributed by atoms with Crippen LogP contribution < -0.4 is 10.2 Å². The van der Waals surface area contributed by atoms with Crippen LogP contribution in [0.2, 0.25) is 0 Å². The van der Waals surface area contributed by atoms with E-state index in [-0.39, 0.29) is 17.9 Å². The number of carbonyl (C=O) groups is 2. The molecule has 1 N–H and O–H groups in total. The van der Waals surface area contributed by atoms with Crippen molar-refractivity contribution in [2.75, 3.05) is 18.0 Å². The summed E-state index contributed by atoms with van der Waals surface area (Å²) in [5.41, 5.74) is 1.91. The molecular weight excluding hydrogens is 380 g/mol. The number of nitrogens with zero attached hydrogens (tertiary/aromatic N) is 1. The minimum Gasteiger partial charge on any atom is -0.317 e. The second-order valence-corrected chi connectivity index (χ2v) is 9.57. The average molecular weight is 411 g/mol. The van der Waals surface area contributed by atoms with Crippen LogP contribution in [0.3, 0.4) is 0 Å². The lowest BCUT2D eigenvalue weighted by atomic mass is 9.82. The summed E-state index contributed by atoms with van der Waals surface area (Å²) < 4.78 is 0. The number of aldehydes is 1. The van der Waals surface area contributed by atoms with Gasteiger partial charge in [0, 0.05) is 16.8 Å². The van der Waals surface area contributed by atoms with Gasteiger partial charge >= 0.3 is 0 Å². The number of hydrogen-bond donors (Lipinski definition) is 1. The minimum atomic E-state index is 0.0839. The monoisotopic (exact) mass is 410 g/mol. The van der Waals surface area contributed by atoms with Gasteiger partial charge in [-0.25, -0.2) is 0 Å². The van der Waals surface area contributed by atoms with Gasteiger partial charge < -0.3 is 10.2 Å². The van der Waals surface area contributed by atoms with E-state index in [1.54, 1.807) is 0 Å². The third kappa shape index (κ3) is 4.46. The Morgan fingerprint density at radius 3 is 2.41 bits per heavy atom. The Morgan fingerprint density at radius 2 is 1.76 bits per heavy atom. The highest BCUT2D eigenvalue weighted by Gasteiger charge is 2.35. The lowest BCUT2D eigenvalue weighted by molar-refractivity contribution is -0.124. The van der Waals surface area contributed by atoms with E-state index in [0.717, 1.165) is 74.0 Å². The molecule has 2 aromatic rings. The number of anilines is 1. The summed E-state index contributed by atoms with van der Waals surface area (Å²) in [6.45, 7) is 4.12. The van der Waals surface area contributed by atoms with E-state index in [1.807, 2.05) is 23.1 Å². The maximum absolute atomic E-state index is 13.7. The molecule has 4 nitrogen and oxygen atoms in total. The van der Waals surface area contributed by atoms with Gasteiger partial charge in [0.25, 0.3) is 0 Å². The zero-order chi connectivity index (χ0) is 20.2. The normalized spacial score (nSPS) is 22.9. The summed E-state index contributed by atoms with van der Waals surface area (Å²) >= 11 is 1.49. The van der Waals surface area contributed by atoms with Crippen LogP contribution in [0.25, 0.3) is 10.4 Å². The maximum atomic E-state index is 13.7. The van der Waals surface area contributed by atoms with Crippen molar-refractivity contribution in [1.29, 1.82) is 0 Å². The van der Waals surface area contributed by atoms with Crippen molar-refractivity contribution in [3.8, 4) is 10.4 Å². The zero-order valence-corrected chi connectivity index (χ0v) is 17.9. The minimum absolute atomic E-state index is 0.0839. The van der Waals surface area contributed by atoms with Crippen molar-refractivity contribution in [2.24, 2.45) is 11.8 Å². The van der Waals surface area contributed by atoms with Gasteiger partial charge in [0.05, 0.1) is 10.6 Å². The molecule has 1 amide bonds. The van der Waals surface area contributed by atoms with Crippen LogP contribution in [-0.4, -0.2) is 31.3 Å². The Bertz CT molecular complexity index is 834. The highest BCUT2D eigenvalue weighted by Crippen LogP contribution is 2.39. The van der Waals surface area contributed by atoms with Crippen LogP contribution in [0, 0.1) is 11.8 Å². The molecule has 0 spiro atoms. The topological polar surface area (TPSA) is 49.4 Å². The molecule has 0 atom stereocenters. The molecule has 2 fully saturated rings. The summed E-state index contributed by atoms with van der Waals surface area (Å²) in [6.07, 6.45) is 6.97. The molecule has 2 aliphatic rings. The van der Waals surface area contributed by atoms with Crippen LogP contribution in [0.15, 0.2) is 36.4 Å². The van der Waals surface area contributed by atoms with Crippen molar-refractivity contribution < 1.29 is 9.59 Å². The van der Waals surface area contributed by atoms with Gasteiger partial charge in [-0.1, -0.05) is 37.3 Å². The van der Waals surface area contributed by atoms with E-state index < -0.39 is 0 Å².